The van der Waals surface area contributed by atoms with E-state index in [2.05, 4.69) is 20.7 Å². The normalized spacial score (nSPS) is 12.1. The van der Waals surface area contributed by atoms with E-state index in [0.717, 1.165) is 0 Å². The minimum absolute atomic E-state index is 0.0824. The lowest BCUT2D eigenvalue weighted by Gasteiger charge is -2.10. The highest BCUT2D eigenvalue weighted by atomic mass is 32.2. The molecule has 3 aromatic rings. The fourth-order valence-electron chi connectivity index (χ4n) is 2.46. The average Bonchev–Trinajstić information content (AvgIpc) is 2.92. The SMILES string of the molecule is Cc1c(C(=O)O)cn2ncnc(Nc3cccc(NCS(=O)O)c3)c12. The van der Waals surface area contributed by atoms with Crippen LogP contribution < -0.4 is 10.6 Å². The lowest BCUT2D eigenvalue weighted by Crippen LogP contribution is -2.07. The molecule has 2 aromatic heterocycles. The summed E-state index contributed by atoms with van der Waals surface area (Å²) in [6.45, 7) is 1.70. The van der Waals surface area contributed by atoms with Crippen molar-refractivity contribution >= 4 is 39.8 Å². The minimum atomic E-state index is -1.95. The molecule has 0 spiro atoms. The maximum atomic E-state index is 11.3. The third kappa shape index (κ3) is 3.59. The van der Waals surface area contributed by atoms with Crippen molar-refractivity contribution in [2.24, 2.45) is 0 Å². The van der Waals surface area contributed by atoms with E-state index in [4.69, 9.17) is 4.55 Å². The molecule has 3 rings (SSSR count). The lowest BCUT2D eigenvalue weighted by atomic mass is 10.2. The number of aromatic carboxylic acids is 1. The Bertz CT molecular complexity index is 972. The van der Waals surface area contributed by atoms with Crippen molar-refractivity contribution in [2.75, 3.05) is 16.5 Å². The van der Waals surface area contributed by atoms with Gasteiger partial charge in [-0.25, -0.2) is 18.5 Å². The van der Waals surface area contributed by atoms with Crippen LogP contribution in [0.15, 0.2) is 36.8 Å². The molecule has 0 saturated carbocycles. The number of anilines is 3. The predicted octanol–water partition coefficient (Wildman–Crippen LogP) is 2.07. The number of carboxylic acids is 1. The highest BCUT2D eigenvalue weighted by molar-refractivity contribution is 7.79. The van der Waals surface area contributed by atoms with E-state index in [1.807, 2.05) is 0 Å². The van der Waals surface area contributed by atoms with Gasteiger partial charge in [0.05, 0.1) is 5.56 Å². The Balaban J connectivity index is 1.94. The number of nitrogens with one attached hydrogen (secondary N) is 2. The zero-order valence-electron chi connectivity index (χ0n) is 13.1. The number of aryl methyl sites for hydroxylation is 1. The molecule has 1 unspecified atom stereocenters. The summed E-state index contributed by atoms with van der Waals surface area (Å²) >= 11 is -1.95. The molecule has 0 bridgehead atoms. The molecule has 1 atom stereocenters. The smallest absolute Gasteiger partial charge is 0.337 e. The fraction of sp³-hybridized carbons (Fsp3) is 0.133. The second kappa shape index (κ2) is 6.87. The molecule has 1 aromatic carbocycles. The van der Waals surface area contributed by atoms with Crippen LogP contribution in [0.3, 0.4) is 0 Å². The van der Waals surface area contributed by atoms with Gasteiger partial charge in [0, 0.05) is 17.6 Å². The summed E-state index contributed by atoms with van der Waals surface area (Å²) in [5.41, 5.74) is 2.63. The van der Waals surface area contributed by atoms with E-state index in [0.29, 0.717) is 28.3 Å². The fourth-order valence-corrected chi connectivity index (χ4v) is 2.75. The van der Waals surface area contributed by atoms with Gasteiger partial charge in [-0.2, -0.15) is 5.10 Å². The Morgan fingerprint density at radius 1 is 1.36 bits per heavy atom. The van der Waals surface area contributed by atoms with Gasteiger partial charge in [-0.05, 0) is 30.7 Å². The number of carboxylic acid groups (broad SMARTS) is 1. The standard InChI is InChI=1S/C15H15N5O4S/c1-9-12(15(21)22)6-20-13(9)14(16-7-18-20)19-11-4-2-3-10(5-11)17-8-25(23)24/h2-7,17H,8H2,1H3,(H,21,22)(H,23,24)(H,16,18,19). The van der Waals surface area contributed by atoms with E-state index in [9.17, 15) is 14.1 Å². The maximum absolute atomic E-state index is 11.3. The number of nitrogens with zero attached hydrogens (tertiary/aromatic N) is 3. The van der Waals surface area contributed by atoms with E-state index in [-0.39, 0.29) is 11.4 Å². The minimum Gasteiger partial charge on any atom is -0.478 e. The number of fused-ring (bicyclic) bond motifs is 1. The quantitative estimate of drug-likeness (QED) is 0.491. The van der Waals surface area contributed by atoms with Crippen molar-refractivity contribution in [3.8, 4) is 0 Å². The molecule has 0 amide bonds. The highest BCUT2D eigenvalue weighted by Crippen LogP contribution is 2.26. The average molecular weight is 361 g/mol. The van der Waals surface area contributed by atoms with Gasteiger partial charge in [0.15, 0.2) is 16.9 Å². The van der Waals surface area contributed by atoms with Gasteiger partial charge in [0.1, 0.15) is 17.7 Å². The van der Waals surface area contributed by atoms with Gasteiger partial charge < -0.3 is 20.3 Å². The lowest BCUT2D eigenvalue weighted by molar-refractivity contribution is 0.0696. The maximum Gasteiger partial charge on any atom is 0.337 e. The summed E-state index contributed by atoms with van der Waals surface area (Å²) in [4.78, 5) is 15.5. The Morgan fingerprint density at radius 3 is 2.84 bits per heavy atom. The topological polar surface area (TPSA) is 129 Å². The van der Waals surface area contributed by atoms with Crippen LogP contribution in [0.1, 0.15) is 15.9 Å². The summed E-state index contributed by atoms with van der Waals surface area (Å²) in [5.74, 6) is -0.652. The summed E-state index contributed by atoms with van der Waals surface area (Å²) in [6, 6.07) is 7.09. The number of hydrogen-bond acceptors (Lipinski definition) is 6. The Labute approximate surface area is 145 Å². The van der Waals surface area contributed by atoms with Gasteiger partial charge in [0.2, 0.25) is 0 Å². The molecule has 0 radical (unpaired) electrons. The van der Waals surface area contributed by atoms with Gasteiger partial charge >= 0.3 is 5.97 Å². The number of hydrogen-bond donors (Lipinski definition) is 4. The third-order valence-electron chi connectivity index (χ3n) is 3.58. The molecule has 2 heterocycles. The van der Waals surface area contributed by atoms with Crippen LogP contribution in [0.25, 0.3) is 5.52 Å². The zero-order valence-corrected chi connectivity index (χ0v) is 13.9. The van der Waals surface area contributed by atoms with Crippen molar-refractivity contribution in [3.63, 3.8) is 0 Å². The van der Waals surface area contributed by atoms with Crippen LogP contribution in [0.2, 0.25) is 0 Å². The first kappa shape index (κ1) is 16.9. The first-order valence-electron chi connectivity index (χ1n) is 7.20. The Morgan fingerprint density at radius 2 is 2.12 bits per heavy atom. The number of rotatable bonds is 6. The number of aromatic nitrogens is 3. The van der Waals surface area contributed by atoms with Crippen LogP contribution in [0.5, 0.6) is 0 Å². The second-order valence-corrected chi connectivity index (χ2v) is 6.15. The summed E-state index contributed by atoms with van der Waals surface area (Å²) in [7, 11) is 0. The van der Waals surface area contributed by atoms with Crippen molar-refractivity contribution in [2.45, 2.75) is 6.92 Å². The Hall–Kier alpha value is -2.98. The van der Waals surface area contributed by atoms with Crippen LogP contribution >= 0.6 is 0 Å². The van der Waals surface area contributed by atoms with Crippen LogP contribution in [-0.4, -0.2) is 40.3 Å². The Kier molecular flexibility index (Phi) is 4.63. The van der Waals surface area contributed by atoms with Crippen molar-refractivity contribution in [1.82, 2.24) is 14.6 Å². The number of benzene rings is 1. The van der Waals surface area contributed by atoms with E-state index in [1.54, 1.807) is 31.2 Å². The molecule has 10 heteroatoms. The molecule has 0 aliphatic heterocycles. The molecule has 25 heavy (non-hydrogen) atoms. The first-order chi connectivity index (χ1) is 12.0. The van der Waals surface area contributed by atoms with Crippen LogP contribution in [0.4, 0.5) is 17.2 Å². The van der Waals surface area contributed by atoms with Gasteiger partial charge in [-0.3, -0.25) is 0 Å². The van der Waals surface area contributed by atoms with Crippen molar-refractivity contribution in [3.05, 3.63) is 47.9 Å². The summed E-state index contributed by atoms with van der Waals surface area (Å²) in [5, 5.41) is 19.3. The zero-order chi connectivity index (χ0) is 18.0. The predicted molar refractivity (Wildman–Crippen MR) is 93.7 cm³/mol. The second-order valence-electron chi connectivity index (χ2n) is 5.22. The molecule has 0 aliphatic rings. The molecule has 0 saturated heterocycles. The summed E-state index contributed by atoms with van der Waals surface area (Å²) in [6.07, 6.45) is 2.77. The van der Waals surface area contributed by atoms with Gasteiger partial charge in [0.25, 0.3) is 0 Å². The van der Waals surface area contributed by atoms with Crippen LogP contribution in [-0.2, 0) is 11.1 Å². The van der Waals surface area contributed by atoms with Crippen molar-refractivity contribution < 1.29 is 18.7 Å². The summed E-state index contributed by atoms with van der Waals surface area (Å²) < 4.78 is 21.1. The molecule has 9 nitrogen and oxygen atoms in total. The van der Waals surface area contributed by atoms with Gasteiger partial charge in [-0.1, -0.05) is 6.07 Å². The van der Waals surface area contributed by atoms with E-state index < -0.39 is 17.0 Å². The van der Waals surface area contributed by atoms with Crippen LogP contribution in [0, 0.1) is 6.92 Å². The molecule has 0 aliphatic carbocycles. The molecule has 130 valence electrons. The van der Waals surface area contributed by atoms with Crippen molar-refractivity contribution in [1.29, 1.82) is 0 Å². The molecular weight excluding hydrogens is 346 g/mol. The molecule has 0 fully saturated rings. The monoisotopic (exact) mass is 361 g/mol. The van der Waals surface area contributed by atoms with E-state index in [1.165, 1.54) is 17.0 Å². The van der Waals surface area contributed by atoms with E-state index >= 15 is 0 Å². The molecule has 4 N–H and O–H groups in total. The molecular formula is C15H15N5O4S. The van der Waals surface area contributed by atoms with Gasteiger partial charge in [-0.15, -0.1) is 0 Å². The highest BCUT2D eigenvalue weighted by Gasteiger charge is 2.17. The number of carbonyl (C=O) groups is 1. The third-order valence-corrected chi connectivity index (χ3v) is 3.97. The largest absolute Gasteiger partial charge is 0.478 e. The first-order valence-corrected chi connectivity index (χ1v) is 8.48.